The van der Waals surface area contributed by atoms with Crippen molar-refractivity contribution >= 4 is 34.0 Å². The normalized spacial score (nSPS) is 11.1. The molecule has 1 aromatic carbocycles. The highest BCUT2D eigenvalue weighted by Gasteiger charge is 2.07. The molecular weight excluding hydrogens is 260 g/mol. The highest BCUT2D eigenvalue weighted by molar-refractivity contribution is 7.10. The van der Waals surface area contributed by atoms with E-state index in [1.807, 2.05) is 11.4 Å². The monoisotopic (exact) mass is 266 g/mol. The van der Waals surface area contributed by atoms with Gasteiger partial charge in [-0.1, -0.05) is 6.07 Å². The van der Waals surface area contributed by atoms with Gasteiger partial charge in [-0.2, -0.15) is 0 Å². The first kappa shape index (κ1) is 10.6. The van der Waals surface area contributed by atoms with Crippen LogP contribution in [0, 0.1) is 0 Å². The molecule has 0 aliphatic carbocycles. The van der Waals surface area contributed by atoms with Crippen molar-refractivity contribution in [3.63, 3.8) is 0 Å². The van der Waals surface area contributed by atoms with Gasteiger partial charge in [0.2, 0.25) is 0 Å². The average Bonchev–Trinajstić information content (AvgIpc) is 2.92. The van der Waals surface area contributed by atoms with Crippen LogP contribution < -0.4 is 5.76 Å². The highest BCUT2D eigenvalue weighted by atomic mass is 35.5. The highest BCUT2D eigenvalue weighted by Crippen LogP contribution is 2.25. The zero-order chi connectivity index (χ0) is 11.8. The molecule has 17 heavy (non-hydrogen) atoms. The summed E-state index contributed by atoms with van der Waals surface area (Å²) in [6.45, 7) is 0. The summed E-state index contributed by atoms with van der Waals surface area (Å²) >= 11 is 7.22. The van der Waals surface area contributed by atoms with E-state index in [-0.39, 0.29) is 0 Å². The van der Waals surface area contributed by atoms with Crippen LogP contribution in [-0.2, 0) is 5.88 Å². The molecule has 0 saturated carbocycles. The Morgan fingerprint density at radius 3 is 3.12 bits per heavy atom. The van der Waals surface area contributed by atoms with Crippen LogP contribution in [0.1, 0.15) is 5.01 Å². The first-order chi connectivity index (χ1) is 8.26. The number of oxazole rings is 1. The number of rotatable bonds is 2. The maximum Gasteiger partial charge on any atom is 0.417 e. The summed E-state index contributed by atoms with van der Waals surface area (Å²) in [5.41, 5.74) is 2.98. The van der Waals surface area contributed by atoms with E-state index >= 15 is 0 Å². The van der Waals surface area contributed by atoms with Gasteiger partial charge in [-0.05, 0) is 12.1 Å². The standard InChI is InChI=1S/C11H7ClN2O2S/c12-4-10-13-8(5-17-10)6-1-2-7-9(3-6)16-11(15)14-7/h1-3,5H,4H2,(H,14,15). The average molecular weight is 267 g/mol. The number of nitrogens with zero attached hydrogens (tertiary/aromatic N) is 1. The number of benzene rings is 1. The van der Waals surface area contributed by atoms with E-state index < -0.39 is 5.76 Å². The van der Waals surface area contributed by atoms with Crippen LogP contribution in [0.3, 0.4) is 0 Å². The third-order valence-electron chi connectivity index (χ3n) is 2.38. The van der Waals surface area contributed by atoms with E-state index in [9.17, 15) is 4.79 Å². The van der Waals surface area contributed by atoms with Gasteiger partial charge < -0.3 is 4.42 Å². The van der Waals surface area contributed by atoms with Crippen molar-refractivity contribution in [3.8, 4) is 11.3 Å². The van der Waals surface area contributed by atoms with Crippen molar-refractivity contribution in [2.75, 3.05) is 0 Å². The van der Waals surface area contributed by atoms with Crippen LogP contribution in [-0.4, -0.2) is 9.97 Å². The van der Waals surface area contributed by atoms with Crippen LogP contribution in [0.2, 0.25) is 0 Å². The Morgan fingerprint density at radius 1 is 1.47 bits per heavy atom. The molecule has 0 aliphatic heterocycles. The first-order valence-electron chi connectivity index (χ1n) is 4.90. The SMILES string of the molecule is O=c1[nH]c2ccc(-c3csc(CCl)n3)cc2o1. The molecule has 0 aliphatic rings. The minimum absolute atomic E-state index is 0.409. The van der Waals surface area contributed by atoms with Crippen LogP contribution in [0.15, 0.2) is 32.8 Å². The van der Waals surface area contributed by atoms with Gasteiger partial charge in [0.15, 0.2) is 5.58 Å². The maximum absolute atomic E-state index is 11.0. The van der Waals surface area contributed by atoms with Gasteiger partial charge in [0.1, 0.15) is 5.01 Å². The second kappa shape index (κ2) is 4.01. The first-order valence-corrected chi connectivity index (χ1v) is 6.31. The largest absolute Gasteiger partial charge is 0.417 e. The third-order valence-corrected chi connectivity index (χ3v) is 3.64. The number of nitrogens with one attached hydrogen (secondary N) is 1. The topological polar surface area (TPSA) is 58.9 Å². The molecule has 0 fully saturated rings. The van der Waals surface area contributed by atoms with Crippen LogP contribution in [0.4, 0.5) is 0 Å². The smallest absolute Gasteiger partial charge is 0.408 e. The summed E-state index contributed by atoms with van der Waals surface area (Å²) < 4.78 is 5.00. The minimum atomic E-state index is -0.447. The number of alkyl halides is 1. The van der Waals surface area contributed by atoms with Crippen LogP contribution in [0.5, 0.6) is 0 Å². The predicted octanol–water partition coefficient (Wildman–Crippen LogP) is 2.98. The number of fused-ring (bicyclic) bond motifs is 1. The number of thiazole rings is 1. The summed E-state index contributed by atoms with van der Waals surface area (Å²) in [5.74, 6) is -0.0385. The minimum Gasteiger partial charge on any atom is -0.408 e. The van der Waals surface area contributed by atoms with Gasteiger partial charge in [0.05, 0.1) is 17.1 Å². The van der Waals surface area contributed by atoms with Crippen molar-refractivity contribution in [1.82, 2.24) is 9.97 Å². The summed E-state index contributed by atoms with van der Waals surface area (Å²) in [6.07, 6.45) is 0. The molecule has 0 atom stereocenters. The van der Waals surface area contributed by atoms with Crippen molar-refractivity contribution in [1.29, 1.82) is 0 Å². The second-order valence-electron chi connectivity index (χ2n) is 3.49. The molecule has 0 bridgehead atoms. The van der Waals surface area contributed by atoms with E-state index in [4.69, 9.17) is 16.0 Å². The molecule has 0 saturated heterocycles. The van der Waals surface area contributed by atoms with Crippen molar-refractivity contribution < 1.29 is 4.42 Å². The fourth-order valence-corrected chi connectivity index (χ4v) is 2.51. The number of hydrogen-bond acceptors (Lipinski definition) is 4. The van der Waals surface area contributed by atoms with Crippen molar-refractivity contribution in [2.24, 2.45) is 0 Å². The fourth-order valence-electron chi connectivity index (χ4n) is 1.61. The Labute approximate surface area is 105 Å². The molecule has 0 unspecified atom stereocenters. The molecule has 2 aromatic heterocycles. The van der Waals surface area contributed by atoms with Crippen molar-refractivity contribution in [2.45, 2.75) is 5.88 Å². The molecule has 0 spiro atoms. The molecule has 86 valence electrons. The Kier molecular flexibility index (Phi) is 2.49. The van der Waals surface area contributed by atoms with E-state index in [1.165, 1.54) is 11.3 Å². The van der Waals surface area contributed by atoms with Crippen LogP contribution >= 0.6 is 22.9 Å². The van der Waals surface area contributed by atoms with Gasteiger partial charge >= 0.3 is 5.76 Å². The molecule has 2 heterocycles. The third kappa shape index (κ3) is 1.87. The zero-order valence-electron chi connectivity index (χ0n) is 8.57. The number of H-pyrrole nitrogens is 1. The summed E-state index contributed by atoms with van der Waals surface area (Å²) in [5, 5.41) is 2.81. The van der Waals surface area contributed by atoms with E-state index in [1.54, 1.807) is 12.1 Å². The summed E-state index contributed by atoms with van der Waals surface area (Å²) in [4.78, 5) is 18.0. The number of halogens is 1. The number of aromatic amines is 1. The number of aromatic nitrogens is 2. The molecule has 0 radical (unpaired) electrons. The Bertz CT molecular complexity index is 728. The van der Waals surface area contributed by atoms with Gasteiger partial charge in [0, 0.05) is 10.9 Å². The molecule has 4 nitrogen and oxygen atoms in total. The lowest BCUT2D eigenvalue weighted by Crippen LogP contribution is -1.92. The maximum atomic E-state index is 11.0. The van der Waals surface area contributed by atoms with Gasteiger partial charge in [-0.25, -0.2) is 9.78 Å². The van der Waals surface area contributed by atoms with Gasteiger partial charge in [-0.15, -0.1) is 22.9 Å². The summed E-state index contributed by atoms with van der Waals surface area (Å²) in [7, 11) is 0. The lowest BCUT2D eigenvalue weighted by Gasteiger charge is -1.95. The Balaban J connectivity index is 2.13. The predicted molar refractivity (Wildman–Crippen MR) is 67.5 cm³/mol. The molecule has 6 heteroatoms. The Morgan fingerprint density at radius 2 is 2.35 bits per heavy atom. The number of hydrogen-bond donors (Lipinski definition) is 1. The zero-order valence-corrected chi connectivity index (χ0v) is 10.1. The fraction of sp³-hybridized carbons (Fsp3) is 0.0909. The Hall–Kier alpha value is -1.59. The van der Waals surface area contributed by atoms with E-state index in [0.29, 0.717) is 17.0 Å². The van der Waals surface area contributed by atoms with Crippen molar-refractivity contribution in [3.05, 3.63) is 39.1 Å². The molecule has 1 N–H and O–H groups in total. The molecule has 0 amide bonds. The lowest BCUT2D eigenvalue weighted by molar-refractivity contribution is 0.555. The van der Waals surface area contributed by atoms with Gasteiger partial charge in [0.25, 0.3) is 0 Å². The molecular formula is C11H7ClN2O2S. The van der Waals surface area contributed by atoms with E-state index in [2.05, 4.69) is 9.97 Å². The molecule has 3 rings (SSSR count). The second-order valence-corrected chi connectivity index (χ2v) is 4.70. The molecule has 3 aromatic rings. The quantitative estimate of drug-likeness (QED) is 0.726. The van der Waals surface area contributed by atoms with Crippen LogP contribution in [0.25, 0.3) is 22.4 Å². The lowest BCUT2D eigenvalue weighted by atomic mass is 10.1. The van der Waals surface area contributed by atoms with Gasteiger partial charge in [-0.3, -0.25) is 4.98 Å². The summed E-state index contributed by atoms with van der Waals surface area (Å²) in [6, 6.07) is 5.48. The van der Waals surface area contributed by atoms with E-state index in [0.717, 1.165) is 16.3 Å².